The minimum Gasteiger partial charge on any atom is -0.490 e. The van der Waals surface area contributed by atoms with Gasteiger partial charge >= 0.3 is 5.69 Å². The van der Waals surface area contributed by atoms with Crippen LogP contribution in [0.4, 0.5) is 5.69 Å². The fraction of sp³-hybridized carbons (Fsp3) is 0.571. The smallest absolute Gasteiger partial charge is 0.311 e. The predicted molar refractivity (Wildman–Crippen MR) is 74.8 cm³/mol. The van der Waals surface area contributed by atoms with Gasteiger partial charge in [-0.05, 0) is 31.4 Å². The standard InChI is InChI=1S/C14H20N2O4/c1-14(17)5-7-15(8-6-14)10-11-3-4-13(20-2)12(9-11)16(18)19/h3-4,9,17H,5-8,10H2,1-2H3. The highest BCUT2D eigenvalue weighted by Crippen LogP contribution is 2.29. The molecule has 6 nitrogen and oxygen atoms in total. The summed E-state index contributed by atoms with van der Waals surface area (Å²) < 4.78 is 4.99. The van der Waals surface area contributed by atoms with E-state index in [1.165, 1.54) is 7.11 Å². The van der Waals surface area contributed by atoms with E-state index in [1.54, 1.807) is 12.1 Å². The zero-order valence-corrected chi connectivity index (χ0v) is 11.8. The van der Waals surface area contributed by atoms with E-state index in [0.717, 1.165) is 31.5 Å². The van der Waals surface area contributed by atoms with E-state index in [0.29, 0.717) is 6.54 Å². The molecule has 20 heavy (non-hydrogen) atoms. The molecule has 0 aliphatic carbocycles. The minimum atomic E-state index is -0.581. The van der Waals surface area contributed by atoms with Crippen molar-refractivity contribution in [3.05, 3.63) is 33.9 Å². The van der Waals surface area contributed by atoms with Gasteiger partial charge in [0.25, 0.3) is 0 Å². The Bertz CT molecular complexity index is 492. The quantitative estimate of drug-likeness (QED) is 0.674. The molecule has 1 N–H and O–H groups in total. The summed E-state index contributed by atoms with van der Waals surface area (Å²) >= 11 is 0. The number of nitrogens with zero attached hydrogens (tertiary/aromatic N) is 2. The molecule has 1 fully saturated rings. The molecule has 1 aromatic carbocycles. The molecule has 0 atom stereocenters. The molecule has 0 radical (unpaired) electrons. The Kier molecular flexibility index (Phi) is 4.25. The molecule has 6 heteroatoms. The van der Waals surface area contributed by atoms with Gasteiger partial charge in [0.05, 0.1) is 17.6 Å². The van der Waals surface area contributed by atoms with Crippen molar-refractivity contribution in [3.63, 3.8) is 0 Å². The first-order valence-corrected chi connectivity index (χ1v) is 6.67. The minimum absolute atomic E-state index is 0.00555. The van der Waals surface area contributed by atoms with Crippen LogP contribution in [0.15, 0.2) is 18.2 Å². The van der Waals surface area contributed by atoms with Crippen LogP contribution in [0.2, 0.25) is 0 Å². The van der Waals surface area contributed by atoms with E-state index in [9.17, 15) is 15.2 Å². The van der Waals surface area contributed by atoms with Gasteiger partial charge in [-0.3, -0.25) is 15.0 Å². The second-order valence-electron chi connectivity index (χ2n) is 5.54. The van der Waals surface area contributed by atoms with E-state index in [4.69, 9.17) is 4.74 Å². The third-order valence-electron chi connectivity index (χ3n) is 3.78. The summed E-state index contributed by atoms with van der Waals surface area (Å²) in [5.41, 5.74) is 0.302. The van der Waals surface area contributed by atoms with Gasteiger partial charge in [0.2, 0.25) is 0 Å². The van der Waals surface area contributed by atoms with Crippen LogP contribution < -0.4 is 4.74 Å². The van der Waals surface area contributed by atoms with Crippen molar-refractivity contribution < 1.29 is 14.8 Å². The van der Waals surface area contributed by atoms with Crippen LogP contribution in [0.5, 0.6) is 5.75 Å². The van der Waals surface area contributed by atoms with Gasteiger partial charge in [0.1, 0.15) is 0 Å². The molecule has 0 saturated carbocycles. The van der Waals surface area contributed by atoms with Gasteiger partial charge in [-0.25, -0.2) is 0 Å². The molecular weight excluding hydrogens is 260 g/mol. The van der Waals surface area contributed by atoms with E-state index >= 15 is 0 Å². The number of rotatable bonds is 4. The molecule has 1 aliphatic rings. The normalized spacial score (nSPS) is 18.8. The van der Waals surface area contributed by atoms with Gasteiger partial charge in [-0.15, -0.1) is 0 Å². The molecule has 0 aromatic heterocycles. The van der Waals surface area contributed by atoms with Gasteiger partial charge in [0.15, 0.2) is 5.75 Å². The zero-order chi connectivity index (χ0) is 14.8. The summed E-state index contributed by atoms with van der Waals surface area (Å²) in [4.78, 5) is 12.8. The second-order valence-corrected chi connectivity index (χ2v) is 5.54. The Labute approximate surface area is 118 Å². The van der Waals surface area contributed by atoms with Gasteiger partial charge in [-0.1, -0.05) is 6.07 Å². The molecule has 0 spiro atoms. The van der Waals surface area contributed by atoms with Crippen LogP contribution in [0, 0.1) is 10.1 Å². The number of hydrogen-bond donors (Lipinski definition) is 1. The summed E-state index contributed by atoms with van der Waals surface area (Å²) in [6.07, 6.45) is 1.45. The third-order valence-corrected chi connectivity index (χ3v) is 3.78. The largest absolute Gasteiger partial charge is 0.490 e. The molecule has 1 saturated heterocycles. The van der Waals surface area contributed by atoms with Gasteiger partial charge in [0, 0.05) is 25.7 Å². The van der Waals surface area contributed by atoms with E-state index in [2.05, 4.69) is 4.90 Å². The Morgan fingerprint density at radius 2 is 2.10 bits per heavy atom. The molecular formula is C14H20N2O4. The summed E-state index contributed by atoms with van der Waals surface area (Å²) in [5, 5.41) is 20.9. The van der Waals surface area contributed by atoms with Crippen molar-refractivity contribution in [2.45, 2.75) is 31.9 Å². The monoisotopic (exact) mass is 280 g/mol. The Hall–Kier alpha value is -1.66. The van der Waals surface area contributed by atoms with Crippen molar-refractivity contribution in [1.82, 2.24) is 4.90 Å². The zero-order valence-electron chi connectivity index (χ0n) is 11.8. The number of hydrogen-bond acceptors (Lipinski definition) is 5. The number of benzene rings is 1. The highest BCUT2D eigenvalue weighted by Gasteiger charge is 2.27. The average Bonchev–Trinajstić information content (AvgIpc) is 2.41. The fourth-order valence-corrected chi connectivity index (χ4v) is 2.43. The molecule has 1 aromatic rings. The van der Waals surface area contributed by atoms with Crippen LogP contribution in [0.3, 0.4) is 0 Å². The van der Waals surface area contributed by atoms with Crippen molar-refractivity contribution in [2.24, 2.45) is 0 Å². The van der Waals surface area contributed by atoms with Crippen molar-refractivity contribution in [2.75, 3.05) is 20.2 Å². The first-order valence-electron chi connectivity index (χ1n) is 6.67. The highest BCUT2D eigenvalue weighted by atomic mass is 16.6. The van der Waals surface area contributed by atoms with Gasteiger partial charge < -0.3 is 9.84 Å². The SMILES string of the molecule is COc1ccc(CN2CCC(C)(O)CC2)cc1[N+](=O)[O-]. The topological polar surface area (TPSA) is 75.8 Å². The lowest BCUT2D eigenvalue weighted by atomic mass is 9.93. The summed E-state index contributed by atoms with van der Waals surface area (Å²) in [6.45, 7) is 4.10. The van der Waals surface area contributed by atoms with Crippen molar-refractivity contribution >= 4 is 5.69 Å². The summed E-state index contributed by atoms with van der Waals surface area (Å²) in [6, 6.07) is 5.04. The van der Waals surface area contributed by atoms with Crippen molar-refractivity contribution in [1.29, 1.82) is 0 Å². The lowest BCUT2D eigenvalue weighted by molar-refractivity contribution is -0.385. The average molecular weight is 280 g/mol. The summed E-state index contributed by atoms with van der Waals surface area (Å²) in [5.74, 6) is 0.278. The molecule has 0 unspecified atom stereocenters. The van der Waals surface area contributed by atoms with Crippen LogP contribution in [0.25, 0.3) is 0 Å². The Balaban J connectivity index is 2.07. The first kappa shape index (κ1) is 14.7. The Morgan fingerprint density at radius 3 is 2.65 bits per heavy atom. The van der Waals surface area contributed by atoms with E-state index in [-0.39, 0.29) is 11.4 Å². The number of aliphatic hydroxyl groups is 1. The molecule has 1 heterocycles. The molecule has 0 amide bonds. The molecule has 2 rings (SSSR count). The van der Waals surface area contributed by atoms with E-state index < -0.39 is 10.5 Å². The maximum atomic E-state index is 11.0. The van der Waals surface area contributed by atoms with Crippen molar-refractivity contribution in [3.8, 4) is 5.75 Å². The number of methoxy groups -OCH3 is 1. The maximum absolute atomic E-state index is 11.0. The molecule has 110 valence electrons. The number of ether oxygens (including phenoxy) is 1. The predicted octanol–water partition coefficient (Wildman–Crippen LogP) is 1.95. The van der Waals surface area contributed by atoms with E-state index in [1.807, 2.05) is 13.0 Å². The number of piperidine rings is 1. The van der Waals surface area contributed by atoms with Gasteiger partial charge in [-0.2, -0.15) is 0 Å². The fourth-order valence-electron chi connectivity index (χ4n) is 2.43. The van der Waals surface area contributed by atoms with Crippen LogP contribution in [-0.4, -0.2) is 40.7 Å². The molecule has 0 bridgehead atoms. The lowest BCUT2D eigenvalue weighted by Crippen LogP contribution is -2.41. The molecule has 1 aliphatic heterocycles. The highest BCUT2D eigenvalue weighted by molar-refractivity contribution is 5.48. The summed E-state index contributed by atoms with van der Waals surface area (Å²) in [7, 11) is 1.43. The maximum Gasteiger partial charge on any atom is 0.311 e. The van der Waals surface area contributed by atoms with Crippen LogP contribution >= 0.6 is 0 Å². The van der Waals surface area contributed by atoms with Crippen LogP contribution in [-0.2, 0) is 6.54 Å². The third kappa shape index (κ3) is 3.46. The number of likely N-dealkylation sites (tertiary alicyclic amines) is 1. The number of nitro groups is 1. The number of nitro benzene ring substituents is 1. The Morgan fingerprint density at radius 1 is 1.45 bits per heavy atom. The first-order chi connectivity index (χ1) is 9.41. The second kappa shape index (κ2) is 5.76. The lowest BCUT2D eigenvalue weighted by Gasteiger charge is -2.35. The van der Waals surface area contributed by atoms with Crippen LogP contribution in [0.1, 0.15) is 25.3 Å².